The van der Waals surface area contributed by atoms with Crippen LogP contribution in [-0.2, 0) is 5.41 Å². The first-order valence-electron chi connectivity index (χ1n) is 7.62. The van der Waals surface area contributed by atoms with Gasteiger partial charge in [0.15, 0.2) is 5.13 Å². The highest BCUT2D eigenvalue weighted by Crippen LogP contribution is 2.27. The molecule has 2 aromatic carbocycles. The highest BCUT2D eigenvalue weighted by atomic mass is 32.1. The van der Waals surface area contributed by atoms with E-state index in [4.69, 9.17) is 0 Å². The van der Waals surface area contributed by atoms with Crippen molar-refractivity contribution in [1.29, 1.82) is 0 Å². The number of hydrogen-bond donors (Lipinski definition) is 1. The van der Waals surface area contributed by atoms with E-state index in [1.165, 1.54) is 16.9 Å². The van der Waals surface area contributed by atoms with Crippen molar-refractivity contribution >= 4 is 32.6 Å². The first-order chi connectivity index (χ1) is 10.8. The molecule has 1 heterocycles. The minimum absolute atomic E-state index is 0.0175. The van der Waals surface area contributed by atoms with Crippen LogP contribution in [0.3, 0.4) is 0 Å². The number of benzene rings is 2. The van der Waals surface area contributed by atoms with E-state index in [0.717, 1.165) is 15.8 Å². The molecule has 0 saturated heterocycles. The van der Waals surface area contributed by atoms with Crippen LogP contribution in [0.15, 0.2) is 42.5 Å². The number of carbonyl (C=O) groups is 1. The molecule has 0 saturated carbocycles. The number of aryl methyl sites for hydroxylation is 1. The number of hydrogen-bond acceptors (Lipinski definition) is 3. The normalized spacial score (nSPS) is 11.7. The number of carbonyl (C=O) groups excluding carboxylic acids is 1. The second-order valence-corrected chi connectivity index (χ2v) is 7.81. The molecule has 1 aromatic heterocycles. The van der Waals surface area contributed by atoms with Crippen LogP contribution in [0.25, 0.3) is 10.2 Å². The molecule has 1 N–H and O–H groups in total. The standard InChI is InChI=1S/C19H20N2OS/c1-12-8-9-16-15(10-12)20-18(23-16)21-17(22)13-6-5-7-14(11-13)19(2,3)4/h5-11H,1-4H3,(H,20,21,22). The van der Waals surface area contributed by atoms with E-state index in [2.05, 4.69) is 43.2 Å². The smallest absolute Gasteiger partial charge is 0.257 e. The molecule has 0 unspecified atom stereocenters. The summed E-state index contributed by atoms with van der Waals surface area (Å²) in [5.41, 5.74) is 3.91. The summed E-state index contributed by atoms with van der Waals surface area (Å²) >= 11 is 1.50. The Balaban J connectivity index is 1.85. The molecule has 0 atom stereocenters. The Bertz CT molecular complexity index is 874. The van der Waals surface area contributed by atoms with Crippen molar-refractivity contribution in [3.05, 3.63) is 59.2 Å². The summed E-state index contributed by atoms with van der Waals surface area (Å²) in [7, 11) is 0. The number of thiazole rings is 1. The molecule has 4 heteroatoms. The Labute approximate surface area is 140 Å². The van der Waals surface area contributed by atoms with Gasteiger partial charge in [-0.05, 0) is 47.7 Å². The Hall–Kier alpha value is -2.20. The van der Waals surface area contributed by atoms with Gasteiger partial charge in [-0.15, -0.1) is 0 Å². The average molecular weight is 324 g/mol. The fourth-order valence-electron chi connectivity index (χ4n) is 2.39. The van der Waals surface area contributed by atoms with Gasteiger partial charge in [0.2, 0.25) is 0 Å². The molecule has 0 radical (unpaired) electrons. The molecule has 1 amide bonds. The van der Waals surface area contributed by atoms with Gasteiger partial charge in [0.25, 0.3) is 5.91 Å². The van der Waals surface area contributed by atoms with Gasteiger partial charge in [0.1, 0.15) is 0 Å². The number of amides is 1. The number of aromatic nitrogens is 1. The molecule has 3 nitrogen and oxygen atoms in total. The number of anilines is 1. The highest BCUT2D eigenvalue weighted by Gasteiger charge is 2.16. The van der Waals surface area contributed by atoms with Gasteiger partial charge in [0.05, 0.1) is 10.2 Å². The maximum Gasteiger partial charge on any atom is 0.257 e. The van der Waals surface area contributed by atoms with Crippen LogP contribution in [0.4, 0.5) is 5.13 Å². The first kappa shape index (κ1) is 15.7. The average Bonchev–Trinajstić information content (AvgIpc) is 2.87. The van der Waals surface area contributed by atoms with Crippen LogP contribution in [0.1, 0.15) is 42.3 Å². The Morgan fingerprint density at radius 2 is 1.91 bits per heavy atom. The molecule has 0 aliphatic rings. The molecule has 0 aliphatic carbocycles. The summed E-state index contributed by atoms with van der Waals surface area (Å²) in [5, 5.41) is 3.55. The topological polar surface area (TPSA) is 42.0 Å². The molecule has 0 spiro atoms. The van der Waals surface area contributed by atoms with Crippen LogP contribution >= 0.6 is 11.3 Å². The predicted octanol–water partition coefficient (Wildman–Crippen LogP) is 5.15. The van der Waals surface area contributed by atoms with Gasteiger partial charge in [-0.25, -0.2) is 4.98 Å². The van der Waals surface area contributed by atoms with E-state index < -0.39 is 0 Å². The highest BCUT2D eigenvalue weighted by molar-refractivity contribution is 7.22. The van der Waals surface area contributed by atoms with Crippen molar-refractivity contribution in [2.75, 3.05) is 5.32 Å². The SMILES string of the molecule is Cc1ccc2sc(NC(=O)c3cccc(C(C)(C)C)c3)nc2c1. The van der Waals surface area contributed by atoms with Gasteiger partial charge in [0, 0.05) is 5.56 Å². The van der Waals surface area contributed by atoms with E-state index in [1.807, 2.05) is 37.3 Å². The summed E-state index contributed by atoms with van der Waals surface area (Å²) in [6.07, 6.45) is 0. The molecule has 3 aromatic rings. The fraction of sp³-hybridized carbons (Fsp3) is 0.263. The van der Waals surface area contributed by atoms with Crippen molar-refractivity contribution in [2.24, 2.45) is 0 Å². The molecule has 0 fully saturated rings. The van der Waals surface area contributed by atoms with Gasteiger partial charge in [-0.1, -0.05) is 50.3 Å². The lowest BCUT2D eigenvalue weighted by atomic mass is 9.86. The van der Waals surface area contributed by atoms with E-state index in [-0.39, 0.29) is 11.3 Å². The van der Waals surface area contributed by atoms with Gasteiger partial charge in [-0.2, -0.15) is 0 Å². The third kappa shape index (κ3) is 3.42. The fourth-order valence-corrected chi connectivity index (χ4v) is 3.23. The first-order valence-corrected chi connectivity index (χ1v) is 8.44. The van der Waals surface area contributed by atoms with E-state index in [1.54, 1.807) is 0 Å². The van der Waals surface area contributed by atoms with Gasteiger partial charge in [-0.3, -0.25) is 10.1 Å². The zero-order chi connectivity index (χ0) is 16.6. The Morgan fingerprint density at radius 1 is 1.13 bits per heavy atom. The monoisotopic (exact) mass is 324 g/mol. The minimum atomic E-state index is -0.119. The summed E-state index contributed by atoms with van der Waals surface area (Å²) in [5.74, 6) is -0.119. The van der Waals surface area contributed by atoms with Crippen LogP contribution in [-0.4, -0.2) is 10.9 Å². The van der Waals surface area contributed by atoms with E-state index in [9.17, 15) is 4.79 Å². The van der Waals surface area contributed by atoms with Crippen molar-refractivity contribution in [3.8, 4) is 0 Å². The van der Waals surface area contributed by atoms with Crippen LogP contribution in [0.5, 0.6) is 0 Å². The molecule has 23 heavy (non-hydrogen) atoms. The van der Waals surface area contributed by atoms with Gasteiger partial charge < -0.3 is 0 Å². The second kappa shape index (κ2) is 5.78. The summed E-state index contributed by atoms with van der Waals surface area (Å²) < 4.78 is 1.08. The lowest BCUT2D eigenvalue weighted by Crippen LogP contribution is -2.15. The molecular formula is C19H20N2OS. The molecular weight excluding hydrogens is 304 g/mol. The van der Waals surface area contributed by atoms with Crippen LogP contribution in [0, 0.1) is 6.92 Å². The van der Waals surface area contributed by atoms with Crippen LogP contribution in [0.2, 0.25) is 0 Å². The Kier molecular flexibility index (Phi) is 3.94. The number of nitrogens with one attached hydrogen (secondary N) is 1. The zero-order valence-corrected chi connectivity index (χ0v) is 14.6. The maximum absolute atomic E-state index is 12.5. The molecule has 0 bridgehead atoms. The van der Waals surface area contributed by atoms with E-state index >= 15 is 0 Å². The lowest BCUT2D eigenvalue weighted by molar-refractivity contribution is 0.102. The summed E-state index contributed by atoms with van der Waals surface area (Å²) in [6, 6.07) is 13.9. The molecule has 3 rings (SSSR count). The molecule has 0 aliphatic heterocycles. The van der Waals surface area contributed by atoms with E-state index in [0.29, 0.717) is 10.7 Å². The maximum atomic E-state index is 12.5. The summed E-state index contributed by atoms with van der Waals surface area (Å²) in [4.78, 5) is 17.0. The zero-order valence-electron chi connectivity index (χ0n) is 13.8. The van der Waals surface area contributed by atoms with Crippen molar-refractivity contribution in [1.82, 2.24) is 4.98 Å². The number of nitrogens with zero attached hydrogens (tertiary/aromatic N) is 1. The van der Waals surface area contributed by atoms with Crippen molar-refractivity contribution < 1.29 is 4.79 Å². The predicted molar refractivity (Wildman–Crippen MR) is 97.5 cm³/mol. The third-order valence-corrected chi connectivity index (χ3v) is 4.71. The molecule has 118 valence electrons. The van der Waals surface area contributed by atoms with Gasteiger partial charge >= 0.3 is 0 Å². The van der Waals surface area contributed by atoms with Crippen molar-refractivity contribution in [2.45, 2.75) is 33.1 Å². The lowest BCUT2D eigenvalue weighted by Gasteiger charge is -2.19. The third-order valence-electron chi connectivity index (χ3n) is 3.75. The summed E-state index contributed by atoms with van der Waals surface area (Å²) in [6.45, 7) is 8.45. The quantitative estimate of drug-likeness (QED) is 0.708. The number of rotatable bonds is 2. The largest absolute Gasteiger partial charge is 0.298 e. The number of fused-ring (bicyclic) bond motifs is 1. The Morgan fingerprint density at radius 3 is 2.65 bits per heavy atom. The second-order valence-electron chi connectivity index (χ2n) is 6.78. The minimum Gasteiger partial charge on any atom is -0.298 e. The van der Waals surface area contributed by atoms with Crippen LogP contribution < -0.4 is 5.32 Å². The van der Waals surface area contributed by atoms with Crippen molar-refractivity contribution in [3.63, 3.8) is 0 Å².